The summed E-state index contributed by atoms with van der Waals surface area (Å²) in [7, 11) is 0. The molecule has 0 fully saturated rings. The minimum atomic E-state index is 0.345. The first-order valence-electron chi connectivity index (χ1n) is 6.85. The van der Waals surface area contributed by atoms with Crippen LogP contribution in [0.3, 0.4) is 0 Å². The van der Waals surface area contributed by atoms with Gasteiger partial charge < -0.3 is 5.32 Å². The summed E-state index contributed by atoms with van der Waals surface area (Å²) in [6, 6.07) is 19.6. The lowest BCUT2D eigenvalue weighted by Gasteiger charge is -2.26. The van der Waals surface area contributed by atoms with Crippen molar-refractivity contribution in [3.8, 4) is 0 Å². The van der Waals surface area contributed by atoms with Gasteiger partial charge in [0.05, 0.1) is 18.4 Å². The Labute approximate surface area is 134 Å². The lowest BCUT2D eigenvalue weighted by atomic mass is 10.0. The highest BCUT2D eigenvalue weighted by molar-refractivity contribution is 8.03. The highest BCUT2D eigenvalue weighted by Crippen LogP contribution is 2.50. The van der Waals surface area contributed by atoms with Gasteiger partial charge in [-0.2, -0.15) is 0 Å². The molecule has 0 spiro atoms. The molecule has 0 radical (unpaired) electrons. The largest absolute Gasteiger partial charge is 0.371 e. The predicted molar refractivity (Wildman–Crippen MR) is 91.3 cm³/mol. The molecule has 4 heteroatoms. The molecular weight excluding hydrogens is 300 g/mol. The maximum atomic E-state index is 4.64. The van der Waals surface area contributed by atoms with Crippen LogP contribution in [0.2, 0.25) is 0 Å². The molecule has 2 aromatic carbocycles. The smallest absolute Gasteiger partial charge is 0.0685 e. The van der Waals surface area contributed by atoms with Crippen molar-refractivity contribution in [3.05, 3.63) is 70.6 Å². The first-order chi connectivity index (χ1) is 10.4. The maximum absolute atomic E-state index is 4.64. The lowest BCUT2D eigenvalue weighted by Crippen LogP contribution is -2.36. The van der Waals surface area contributed by atoms with Gasteiger partial charge >= 0.3 is 0 Å². The van der Waals surface area contributed by atoms with Crippen LogP contribution >= 0.6 is 23.4 Å². The van der Waals surface area contributed by atoms with Crippen LogP contribution in [0.1, 0.15) is 17.2 Å². The summed E-state index contributed by atoms with van der Waals surface area (Å²) in [4.78, 5) is 2.76. The van der Waals surface area contributed by atoms with E-state index in [0.717, 1.165) is 6.67 Å². The maximum Gasteiger partial charge on any atom is 0.0685 e. The van der Waals surface area contributed by atoms with Gasteiger partial charge in [-0.25, -0.2) is 0 Å². The van der Waals surface area contributed by atoms with Crippen molar-refractivity contribution in [1.82, 2.24) is 10.6 Å². The molecule has 0 amide bonds. The normalized spacial score (nSPS) is 19.0. The Morgan fingerprint density at radius 3 is 2.52 bits per heavy atom. The first-order valence-corrected chi connectivity index (χ1v) is 8.42. The molecule has 0 bridgehead atoms. The second-order valence-electron chi connectivity index (χ2n) is 4.74. The number of alkyl halides is 1. The van der Waals surface area contributed by atoms with E-state index in [-0.39, 0.29) is 0 Å². The molecule has 21 heavy (non-hydrogen) atoms. The number of benzene rings is 2. The fourth-order valence-electron chi connectivity index (χ4n) is 2.71. The molecule has 2 aromatic rings. The second kappa shape index (κ2) is 6.56. The Morgan fingerprint density at radius 1 is 1.00 bits per heavy atom. The molecule has 0 aromatic heterocycles. The van der Waals surface area contributed by atoms with Gasteiger partial charge in [0, 0.05) is 16.2 Å². The molecule has 0 aliphatic carbocycles. The van der Waals surface area contributed by atoms with E-state index in [2.05, 4.69) is 76.8 Å². The van der Waals surface area contributed by atoms with E-state index >= 15 is 0 Å². The highest BCUT2D eigenvalue weighted by Gasteiger charge is 2.32. The van der Waals surface area contributed by atoms with Crippen molar-refractivity contribution in [2.24, 2.45) is 0 Å². The van der Waals surface area contributed by atoms with Gasteiger partial charge in [0.25, 0.3) is 0 Å². The summed E-state index contributed by atoms with van der Waals surface area (Å²) in [6.45, 7) is 0.813. The Morgan fingerprint density at radius 2 is 1.71 bits per heavy atom. The third-order valence-corrected chi connectivity index (χ3v) is 4.84. The molecule has 2 aliphatic heterocycles. The second-order valence-corrected chi connectivity index (χ2v) is 5.82. The third-order valence-electron chi connectivity index (χ3n) is 3.59. The molecule has 0 saturated heterocycles. The van der Waals surface area contributed by atoms with E-state index in [1.165, 1.54) is 33.0 Å². The van der Waals surface area contributed by atoms with Crippen LogP contribution < -0.4 is 10.6 Å². The SMILES string of the molecule is CCl.c1ccc(C2=C3Sc4ccccc4C3NCN2)cc1. The van der Waals surface area contributed by atoms with E-state index in [4.69, 9.17) is 0 Å². The van der Waals surface area contributed by atoms with Gasteiger partial charge in [0.15, 0.2) is 0 Å². The average molecular weight is 317 g/mol. The molecular formula is C17H17ClN2S. The molecule has 2 nitrogen and oxygen atoms in total. The van der Waals surface area contributed by atoms with Crippen molar-refractivity contribution >= 4 is 29.1 Å². The zero-order chi connectivity index (χ0) is 14.7. The van der Waals surface area contributed by atoms with Crippen LogP contribution in [0, 0.1) is 0 Å². The van der Waals surface area contributed by atoms with Crippen molar-refractivity contribution in [2.45, 2.75) is 10.9 Å². The van der Waals surface area contributed by atoms with Crippen molar-refractivity contribution in [3.63, 3.8) is 0 Å². The van der Waals surface area contributed by atoms with Crippen LogP contribution in [0.5, 0.6) is 0 Å². The molecule has 2 aliphatic rings. The van der Waals surface area contributed by atoms with E-state index < -0.39 is 0 Å². The first kappa shape index (κ1) is 14.5. The molecule has 4 rings (SSSR count). The predicted octanol–water partition coefficient (Wildman–Crippen LogP) is 4.21. The summed E-state index contributed by atoms with van der Waals surface area (Å²) in [5.41, 5.74) is 3.94. The molecule has 1 atom stereocenters. The standard InChI is InChI=1S/C16H14N2S.CH3Cl/c1-2-6-11(7-3-1)14-16-15(18-10-17-14)12-8-4-5-9-13(12)19-16;1-2/h1-9,15,17-18H,10H2;1H3. The van der Waals surface area contributed by atoms with Gasteiger partial charge in [-0.15, -0.1) is 11.6 Å². The highest BCUT2D eigenvalue weighted by atomic mass is 35.5. The van der Waals surface area contributed by atoms with Gasteiger partial charge in [0.1, 0.15) is 0 Å². The van der Waals surface area contributed by atoms with Crippen LogP contribution in [0.4, 0.5) is 0 Å². The monoisotopic (exact) mass is 316 g/mol. The summed E-state index contributed by atoms with van der Waals surface area (Å²) >= 11 is 6.52. The van der Waals surface area contributed by atoms with Crippen LogP contribution in [-0.4, -0.2) is 13.1 Å². The fourth-order valence-corrected chi connectivity index (χ4v) is 4.01. The number of halogens is 1. The zero-order valence-electron chi connectivity index (χ0n) is 11.8. The van der Waals surface area contributed by atoms with E-state index in [9.17, 15) is 0 Å². The van der Waals surface area contributed by atoms with Gasteiger partial charge in [-0.3, -0.25) is 5.32 Å². The van der Waals surface area contributed by atoms with Gasteiger partial charge in [0.2, 0.25) is 0 Å². The number of nitrogens with one attached hydrogen (secondary N) is 2. The minimum Gasteiger partial charge on any atom is -0.371 e. The quantitative estimate of drug-likeness (QED) is 0.771. The molecule has 2 heterocycles. The average Bonchev–Trinajstić information content (AvgIpc) is 2.96. The Bertz CT molecular complexity index is 655. The third kappa shape index (κ3) is 2.69. The van der Waals surface area contributed by atoms with Gasteiger partial charge in [-0.1, -0.05) is 60.3 Å². The topological polar surface area (TPSA) is 24.1 Å². The zero-order valence-corrected chi connectivity index (χ0v) is 13.3. The van der Waals surface area contributed by atoms with E-state index in [1.54, 1.807) is 0 Å². The molecule has 108 valence electrons. The number of hydrogen-bond donors (Lipinski definition) is 2. The molecule has 0 saturated carbocycles. The van der Waals surface area contributed by atoms with Crippen molar-refractivity contribution < 1.29 is 0 Å². The van der Waals surface area contributed by atoms with Crippen molar-refractivity contribution in [1.29, 1.82) is 0 Å². The molecule has 2 N–H and O–H groups in total. The van der Waals surface area contributed by atoms with Crippen LogP contribution in [-0.2, 0) is 0 Å². The minimum absolute atomic E-state index is 0.345. The summed E-state index contributed by atoms with van der Waals surface area (Å²) in [5.74, 6) is 0. The van der Waals surface area contributed by atoms with Gasteiger partial charge in [-0.05, 0) is 17.2 Å². The van der Waals surface area contributed by atoms with E-state index in [0.29, 0.717) is 6.04 Å². The Hall–Kier alpha value is -1.42. The fraction of sp³-hybridized carbons (Fsp3) is 0.176. The van der Waals surface area contributed by atoms with E-state index in [1.807, 2.05) is 11.8 Å². The number of hydrogen-bond acceptors (Lipinski definition) is 3. The summed E-state index contributed by atoms with van der Waals surface area (Å²) < 4.78 is 0. The Kier molecular flexibility index (Phi) is 4.54. The number of thioether (sulfide) groups is 1. The van der Waals surface area contributed by atoms with Crippen LogP contribution in [0.25, 0.3) is 5.70 Å². The Balaban J connectivity index is 0.000000636. The lowest BCUT2D eigenvalue weighted by molar-refractivity contribution is 0.568. The number of fused-ring (bicyclic) bond motifs is 3. The molecule has 1 unspecified atom stereocenters. The van der Waals surface area contributed by atoms with Crippen molar-refractivity contribution in [2.75, 3.05) is 13.1 Å². The summed E-state index contributed by atoms with van der Waals surface area (Å²) in [6.07, 6.45) is 1.47. The van der Waals surface area contributed by atoms with Crippen LogP contribution in [0.15, 0.2) is 64.4 Å². The number of rotatable bonds is 1. The summed E-state index contributed by atoms with van der Waals surface area (Å²) in [5, 5.41) is 7.04.